The van der Waals surface area contributed by atoms with Crippen LogP contribution in [0.1, 0.15) is 19.3 Å². The Labute approximate surface area is 82.8 Å². The van der Waals surface area contributed by atoms with Crippen molar-refractivity contribution < 1.29 is 9.59 Å². The van der Waals surface area contributed by atoms with Gasteiger partial charge in [0.15, 0.2) is 0 Å². The van der Waals surface area contributed by atoms with E-state index in [1.54, 1.807) is 0 Å². The van der Waals surface area contributed by atoms with Gasteiger partial charge in [-0.25, -0.2) is 10.6 Å². The van der Waals surface area contributed by atoms with Crippen LogP contribution in [0.3, 0.4) is 0 Å². The van der Waals surface area contributed by atoms with Crippen LogP contribution in [0.2, 0.25) is 0 Å². The highest BCUT2D eigenvalue weighted by Crippen LogP contribution is 2.08. The molecule has 1 aliphatic rings. The van der Waals surface area contributed by atoms with E-state index in [-0.39, 0.29) is 5.91 Å². The smallest absolute Gasteiger partial charge is 0.328 e. The van der Waals surface area contributed by atoms with Gasteiger partial charge in [0, 0.05) is 26.1 Å². The zero-order valence-electron chi connectivity index (χ0n) is 8.08. The van der Waals surface area contributed by atoms with Crippen molar-refractivity contribution in [2.45, 2.75) is 19.3 Å². The van der Waals surface area contributed by atoms with Crippen LogP contribution in [-0.2, 0) is 4.79 Å². The summed E-state index contributed by atoms with van der Waals surface area (Å²) in [6.07, 6.45) is 2.51. The van der Waals surface area contributed by atoms with E-state index in [9.17, 15) is 9.59 Å². The van der Waals surface area contributed by atoms with Crippen molar-refractivity contribution in [1.29, 1.82) is 0 Å². The van der Waals surface area contributed by atoms with Crippen molar-refractivity contribution in [3.63, 3.8) is 0 Å². The number of likely N-dealkylation sites (tertiary alicyclic amines) is 1. The summed E-state index contributed by atoms with van der Waals surface area (Å²) in [6.45, 7) is 2.03. The number of amides is 3. The minimum Gasteiger partial charge on any atom is -0.343 e. The van der Waals surface area contributed by atoms with Crippen LogP contribution in [0.4, 0.5) is 4.79 Å². The highest BCUT2D eigenvalue weighted by Gasteiger charge is 2.17. The second kappa shape index (κ2) is 5.43. The van der Waals surface area contributed by atoms with Crippen LogP contribution in [0.5, 0.6) is 0 Å². The molecule has 6 nitrogen and oxygen atoms in total. The number of nitrogens with one attached hydrogen (secondary N) is 2. The largest absolute Gasteiger partial charge is 0.343 e. The summed E-state index contributed by atoms with van der Waals surface area (Å²) in [5.74, 6) is 4.95. The minimum atomic E-state index is -0.459. The molecule has 0 bridgehead atoms. The van der Waals surface area contributed by atoms with E-state index in [1.165, 1.54) is 0 Å². The highest BCUT2D eigenvalue weighted by atomic mass is 16.2. The van der Waals surface area contributed by atoms with Crippen molar-refractivity contribution in [3.05, 3.63) is 0 Å². The van der Waals surface area contributed by atoms with Crippen LogP contribution in [0.15, 0.2) is 0 Å². The molecule has 0 atom stereocenters. The number of urea groups is 1. The van der Waals surface area contributed by atoms with Crippen molar-refractivity contribution >= 4 is 11.9 Å². The van der Waals surface area contributed by atoms with E-state index in [2.05, 4.69) is 5.32 Å². The first kappa shape index (κ1) is 10.8. The van der Waals surface area contributed by atoms with Gasteiger partial charge in [-0.15, -0.1) is 0 Å². The third-order valence-electron chi connectivity index (χ3n) is 2.21. The molecule has 1 fully saturated rings. The Morgan fingerprint density at radius 3 is 2.50 bits per heavy atom. The van der Waals surface area contributed by atoms with Crippen molar-refractivity contribution in [2.24, 2.45) is 5.84 Å². The molecule has 3 amide bonds. The maximum absolute atomic E-state index is 11.4. The lowest BCUT2D eigenvalue weighted by atomic mass is 10.3. The fourth-order valence-electron chi connectivity index (χ4n) is 1.46. The maximum Gasteiger partial charge on any atom is 0.328 e. The van der Waals surface area contributed by atoms with Gasteiger partial charge in [-0.2, -0.15) is 0 Å². The van der Waals surface area contributed by atoms with E-state index in [1.807, 2.05) is 10.3 Å². The molecule has 14 heavy (non-hydrogen) atoms. The van der Waals surface area contributed by atoms with Crippen molar-refractivity contribution in [1.82, 2.24) is 15.6 Å². The number of hydrogen-bond acceptors (Lipinski definition) is 3. The molecule has 1 saturated heterocycles. The molecule has 1 rings (SSSR count). The number of hydrogen-bond donors (Lipinski definition) is 3. The first-order chi connectivity index (χ1) is 6.74. The van der Waals surface area contributed by atoms with Crippen molar-refractivity contribution in [3.8, 4) is 0 Å². The SMILES string of the molecule is NNC(=O)NCCC(=O)N1CCCC1. The van der Waals surface area contributed by atoms with Gasteiger partial charge in [0.25, 0.3) is 0 Å². The monoisotopic (exact) mass is 200 g/mol. The summed E-state index contributed by atoms with van der Waals surface area (Å²) in [5.41, 5.74) is 1.93. The summed E-state index contributed by atoms with van der Waals surface area (Å²) in [4.78, 5) is 23.9. The van der Waals surface area contributed by atoms with Crippen LogP contribution < -0.4 is 16.6 Å². The van der Waals surface area contributed by atoms with Gasteiger partial charge in [-0.3, -0.25) is 10.2 Å². The number of nitrogens with zero attached hydrogens (tertiary/aromatic N) is 1. The molecular formula is C8H16N4O2. The molecule has 4 N–H and O–H groups in total. The Morgan fingerprint density at radius 2 is 1.93 bits per heavy atom. The molecule has 1 aliphatic heterocycles. The predicted octanol–water partition coefficient (Wildman–Crippen LogP) is -0.828. The Bertz CT molecular complexity index is 213. The van der Waals surface area contributed by atoms with Gasteiger partial charge in [-0.1, -0.05) is 0 Å². The maximum atomic E-state index is 11.4. The first-order valence-corrected chi connectivity index (χ1v) is 4.76. The molecule has 0 aromatic carbocycles. The highest BCUT2D eigenvalue weighted by molar-refractivity contribution is 5.78. The van der Waals surface area contributed by atoms with Crippen LogP contribution >= 0.6 is 0 Å². The number of hydrazine groups is 1. The van der Waals surface area contributed by atoms with E-state index >= 15 is 0 Å². The summed E-state index contributed by atoms with van der Waals surface area (Å²) < 4.78 is 0. The topological polar surface area (TPSA) is 87.5 Å². The molecule has 0 spiro atoms. The summed E-state index contributed by atoms with van der Waals surface area (Å²) in [6, 6.07) is -0.459. The molecule has 0 saturated carbocycles. The normalized spacial score (nSPS) is 15.4. The minimum absolute atomic E-state index is 0.0971. The fourth-order valence-corrected chi connectivity index (χ4v) is 1.46. The van der Waals surface area contributed by atoms with Crippen molar-refractivity contribution in [2.75, 3.05) is 19.6 Å². The fraction of sp³-hybridized carbons (Fsp3) is 0.750. The van der Waals surface area contributed by atoms with E-state index in [0.29, 0.717) is 13.0 Å². The molecule has 6 heteroatoms. The average molecular weight is 200 g/mol. The average Bonchev–Trinajstić information content (AvgIpc) is 2.70. The van der Waals surface area contributed by atoms with Gasteiger partial charge in [-0.05, 0) is 12.8 Å². The zero-order valence-corrected chi connectivity index (χ0v) is 8.08. The van der Waals surface area contributed by atoms with Crippen LogP contribution in [0.25, 0.3) is 0 Å². The number of rotatable bonds is 3. The Morgan fingerprint density at radius 1 is 1.29 bits per heavy atom. The van der Waals surface area contributed by atoms with Gasteiger partial charge in [0.2, 0.25) is 5.91 Å². The summed E-state index contributed by atoms with van der Waals surface area (Å²) >= 11 is 0. The molecule has 1 heterocycles. The van der Waals surface area contributed by atoms with Gasteiger partial charge in [0.1, 0.15) is 0 Å². The third-order valence-corrected chi connectivity index (χ3v) is 2.21. The van der Waals surface area contributed by atoms with Gasteiger partial charge < -0.3 is 10.2 Å². The first-order valence-electron chi connectivity index (χ1n) is 4.76. The van der Waals surface area contributed by atoms with E-state index in [0.717, 1.165) is 25.9 Å². The van der Waals surface area contributed by atoms with Gasteiger partial charge in [0.05, 0.1) is 0 Å². The second-order valence-corrected chi connectivity index (χ2v) is 3.24. The summed E-state index contributed by atoms with van der Waals surface area (Å²) in [5, 5.41) is 2.46. The lowest BCUT2D eigenvalue weighted by Crippen LogP contribution is -2.41. The molecule has 0 aromatic rings. The third kappa shape index (κ3) is 3.21. The Balaban J connectivity index is 2.11. The Hall–Kier alpha value is -1.30. The molecular weight excluding hydrogens is 184 g/mol. The van der Waals surface area contributed by atoms with Gasteiger partial charge >= 0.3 is 6.03 Å². The van der Waals surface area contributed by atoms with Crippen LogP contribution in [-0.4, -0.2) is 36.5 Å². The number of carbonyl (C=O) groups is 2. The number of carbonyl (C=O) groups excluding carboxylic acids is 2. The lowest BCUT2D eigenvalue weighted by molar-refractivity contribution is -0.129. The number of nitrogens with two attached hydrogens (primary N) is 1. The van der Waals surface area contributed by atoms with E-state index in [4.69, 9.17) is 5.84 Å². The Kier molecular flexibility index (Phi) is 4.18. The van der Waals surface area contributed by atoms with E-state index < -0.39 is 6.03 Å². The quantitative estimate of drug-likeness (QED) is 0.316. The second-order valence-electron chi connectivity index (χ2n) is 3.24. The van der Waals surface area contributed by atoms with Crippen LogP contribution in [0, 0.1) is 0 Å². The molecule has 80 valence electrons. The zero-order chi connectivity index (χ0) is 10.4. The summed E-state index contributed by atoms with van der Waals surface area (Å²) in [7, 11) is 0. The standard InChI is InChI=1S/C8H16N4O2/c9-11-8(14)10-4-3-7(13)12-5-1-2-6-12/h1-6,9H2,(H2,10,11,14). The molecule has 0 aromatic heterocycles. The molecule has 0 aliphatic carbocycles. The lowest BCUT2D eigenvalue weighted by Gasteiger charge is -2.14. The molecule has 0 unspecified atom stereocenters. The molecule has 0 radical (unpaired) electrons. The predicted molar refractivity (Wildman–Crippen MR) is 51.2 cm³/mol.